The van der Waals surface area contributed by atoms with Crippen molar-refractivity contribution >= 4 is 48.4 Å². The van der Waals surface area contributed by atoms with Gasteiger partial charge in [-0.3, -0.25) is 14.2 Å². The average molecular weight is 525 g/mol. The number of rotatable bonds is 9. The van der Waals surface area contributed by atoms with Crippen LogP contribution in [0.4, 0.5) is 16.2 Å². The van der Waals surface area contributed by atoms with Crippen LogP contribution in [-0.2, 0) is 33.5 Å². The predicted octanol–water partition coefficient (Wildman–Crippen LogP) is 2.69. The van der Waals surface area contributed by atoms with Crippen LogP contribution >= 0.6 is 19.2 Å². The number of ether oxygens (including phenoxy) is 1. The van der Waals surface area contributed by atoms with Crippen LogP contribution in [0.3, 0.4) is 0 Å². The zero-order valence-corrected chi connectivity index (χ0v) is 20.8. The van der Waals surface area contributed by atoms with Gasteiger partial charge in [0.15, 0.2) is 5.54 Å². The molecule has 1 atom stereocenters. The Bertz CT molecular complexity index is 1120. The summed E-state index contributed by atoms with van der Waals surface area (Å²) in [5, 5.41) is 5.61. The summed E-state index contributed by atoms with van der Waals surface area (Å²) in [6.07, 6.45) is -0.577. The summed E-state index contributed by atoms with van der Waals surface area (Å²) in [6.45, 7) is 0.712. The zero-order valence-electron chi connectivity index (χ0n) is 19.2. The van der Waals surface area contributed by atoms with Crippen molar-refractivity contribution in [3.63, 3.8) is 0 Å². The number of halogens is 1. The van der Waals surface area contributed by atoms with Gasteiger partial charge in [-0.2, -0.15) is 0 Å². The van der Waals surface area contributed by atoms with Gasteiger partial charge >= 0.3 is 13.6 Å². The van der Waals surface area contributed by atoms with Crippen molar-refractivity contribution < 1.29 is 32.7 Å². The largest absolute Gasteiger partial charge is 0.370 e. The van der Waals surface area contributed by atoms with Crippen LogP contribution in [0.15, 0.2) is 48.5 Å². The maximum absolute atomic E-state index is 13.1. The highest BCUT2D eigenvalue weighted by molar-refractivity contribution is 7.53. The number of nitrogens with two attached hydrogens (primary N) is 1. The molecule has 0 aromatic heterocycles. The summed E-state index contributed by atoms with van der Waals surface area (Å²) < 4.78 is 28.3. The average Bonchev–Trinajstić information content (AvgIpc) is 2.85. The van der Waals surface area contributed by atoms with Crippen molar-refractivity contribution in [2.45, 2.75) is 5.54 Å². The maximum Gasteiger partial charge on any atom is 0.333 e. The minimum absolute atomic E-state index is 0.0374. The summed E-state index contributed by atoms with van der Waals surface area (Å²) in [6, 6.07) is 11.7. The van der Waals surface area contributed by atoms with E-state index in [4.69, 9.17) is 31.1 Å². The molecule has 1 fully saturated rings. The molecule has 1 aliphatic rings. The van der Waals surface area contributed by atoms with E-state index in [0.29, 0.717) is 29.5 Å². The van der Waals surface area contributed by atoms with Gasteiger partial charge in [0.25, 0.3) is 5.91 Å². The second-order valence-electron chi connectivity index (χ2n) is 7.63. The minimum atomic E-state index is -3.86. The van der Waals surface area contributed by atoms with E-state index in [1.165, 1.54) is 17.0 Å². The summed E-state index contributed by atoms with van der Waals surface area (Å²) in [5.41, 5.74) is 4.97. The van der Waals surface area contributed by atoms with Gasteiger partial charge < -0.3 is 35.1 Å². The number of anilines is 2. The van der Waals surface area contributed by atoms with Gasteiger partial charge in [-0.1, -0.05) is 23.7 Å². The van der Waals surface area contributed by atoms with Crippen molar-refractivity contribution in [2.75, 3.05) is 50.4 Å². The van der Waals surface area contributed by atoms with Crippen molar-refractivity contribution in [2.24, 2.45) is 5.73 Å². The second kappa shape index (κ2) is 11.2. The summed E-state index contributed by atoms with van der Waals surface area (Å²) >= 11 is 5.88. The van der Waals surface area contributed by atoms with E-state index < -0.39 is 31.2 Å². The number of amides is 4. The topological polar surface area (TPSA) is 149 Å². The standard InChI is InChI=1S/C22H26ClN4O7P/c1-32-35(31,33-2)14-22(20(24)29,26-21(30)25-17-7-5-16(23)6-8-17)15-3-9-18(10-4-15)27-11-12-34-13-19(27)28/h3-10H,11-14H2,1-2H3,(H2,24,29)(H2,25,26,30)/t22-/m0/s1. The lowest BCUT2D eigenvalue weighted by Gasteiger charge is -2.34. The number of urea groups is 1. The monoisotopic (exact) mass is 524 g/mol. The third kappa shape index (κ3) is 6.19. The van der Waals surface area contributed by atoms with Gasteiger partial charge in [0, 0.05) is 37.2 Å². The number of benzene rings is 2. The predicted molar refractivity (Wildman–Crippen MR) is 131 cm³/mol. The molecule has 1 saturated heterocycles. The van der Waals surface area contributed by atoms with Crippen LogP contribution in [-0.4, -0.2) is 58.0 Å². The van der Waals surface area contributed by atoms with Gasteiger partial charge in [-0.15, -0.1) is 0 Å². The lowest BCUT2D eigenvalue weighted by atomic mass is 9.90. The van der Waals surface area contributed by atoms with Crippen LogP contribution in [0.5, 0.6) is 0 Å². The number of nitrogens with zero attached hydrogens (tertiary/aromatic N) is 1. The van der Waals surface area contributed by atoms with E-state index in [1.54, 1.807) is 36.4 Å². The van der Waals surface area contributed by atoms with Crippen LogP contribution in [0.1, 0.15) is 5.56 Å². The SMILES string of the molecule is COP(=O)(C[C@@](NC(=O)Nc1ccc(Cl)cc1)(C(N)=O)c1ccc(N2CCOCC2=O)cc1)OC. The first kappa shape index (κ1) is 26.7. The Morgan fingerprint density at radius 2 is 1.77 bits per heavy atom. The van der Waals surface area contributed by atoms with Crippen molar-refractivity contribution in [1.82, 2.24) is 5.32 Å². The molecule has 2 aromatic carbocycles. The van der Waals surface area contributed by atoms with Crippen LogP contribution in [0.2, 0.25) is 5.02 Å². The molecule has 1 heterocycles. The van der Waals surface area contributed by atoms with E-state index in [0.717, 1.165) is 14.2 Å². The van der Waals surface area contributed by atoms with Crippen LogP contribution < -0.4 is 21.3 Å². The Hall–Kier alpha value is -2.95. The fourth-order valence-electron chi connectivity index (χ4n) is 3.59. The lowest BCUT2D eigenvalue weighted by Crippen LogP contribution is -2.58. The molecule has 188 valence electrons. The first-order valence-corrected chi connectivity index (χ1v) is 12.6. The van der Waals surface area contributed by atoms with E-state index in [9.17, 15) is 18.9 Å². The highest BCUT2D eigenvalue weighted by Crippen LogP contribution is 2.51. The van der Waals surface area contributed by atoms with Crippen molar-refractivity contribution in [1.29, 1.82) is 0 Å². The molecule has 3 rings (SSSR count). The Kier molecular flexibility index (Phi) is 8.52. The first-order valence-electron chi connectivity index (χ1n) is 10.5. The molecule has 0 spiro atoms. The Balaban J connectivity index is 1.98. The Morgan fingerprint density at radius 3 is 2.31 bits per heavy atom. The van der Waals surface area contributed by atoms with Gasteiger partial charge in [0.1, 0.15) is 6.61 Å². The molecule has 11 nitrogen and oxygen atoms in total. The van der Waals surface area contributed by atoms with Gasteiger partial charge in [0.2, 0.25) is 5.91 Å². The fraction of sp³-hybridized carbons (Fsp3) is 0.318. The maximum atomic E-state index is 13.1. The van der Waals surface area contributed by atoms with Gasteiger partial charge in [-0.25, -0.2) is 4.79 Å². The fourth-order valence-corrected chi connectivity index (χ4v) is 5.12. The quantitative estimate of drug-likeness (QED) is 0.427. The lowest BCUT2D eigenvalue weighted by molar-refractivity contribution is -0.126. The Morgan fingerprint density at radius 1 is 1.14 bits per heavy atom. The van der Waals surface area contributed by atoms with E-state index in [1.807, 2.05) is 0 Å². The Labute approximate surface area is 207 Å². The third-order valence-corrected chi connectivity index (χ3v) is 7.72. The molecule has 0 unspecified atom stereocenters. The number of hydrogen-bond donors (Lipinski definition) is 3. The van der Waals surface area contributed by atoms with Crippen molar-refractivity contribution in [3.05, 3.63) is 59.1 Å². The molecule has 4 amide bonds. The number of hydrogen-bond acceptors (Lipinski definition) is 7. The van der Waals surface area contributed by atoms with Crippen LogP contribution in [0.25, 0.3) is 0 Å². The molecular formula is C22H26ClN4O7P. The smallest absolute Gasteiger partial charge is 0.333 e. The van der Waals surface area contributed by atoms with E-state index in [-0.39, 0.29) is 18.1 Å². The first-order chi connectivity index (χ1) is 16.6. The molecule has 2 aromatic rings. The second-order valence-corrected chi connectivity index (χ2v) is 10.3. The molecule has 1 aliphatic heterocycles. The molecule has 0 aliphatic carbocycles. The molecule has 0 bridgehead atoms. The molecule has 35 heavy (non-hydrogen) atoms. The molecule has 4 N–H and O–H groups in total. The minimum Gasteiger partial charge on any atom is -0.370 e. The van der Waals surface area contributed by atoms with Crippen molar-refractivity contribution in [3.8, 4) is 0 Å². The van der Waals surface area contributed by atoms with Crippen LogP contribution in [0, 0.1) is 0 Å². The van der Waals surface area contributed by atoms with Gasteiger partial charge in [0.05, 0.1) is 12.8 Å². The van der Waals surface area contributed by atoms with E-state index >= 15 is 0 Å². The number of primary amides is 1. The highest BCUT2D eigenvalue weighted by Gasteiger charge is 2.47. The van der Waals surface area contributed by atoms with E-state index in [2.05, 4.69) is 10.6 Å². The normalized spacial score (nSPS) is 15.9. The number of nitrogens with one attached hydrogen (secondary N) is 2. The summed E-state index contributed by atoms with van der Waals surface area (Å²) in [7, 11) is -1.53. The number of carbonyl (C=O) groups excluding carboxylic acids is 3. The van der Waals surface area contributed by atoms with Gasteiger partial charge in [-0.05, 0) is 42.0 Å². The zero-order chi connectivity index (χ0) is 25.6. The molecule has 13 heteroatoms. The number of morpholine rings is 1. The molecule has 0 radical (unpaired) electrons. The summed E-state index contributed by atoms with van der Waals surface area (Å²) in [5.74, 6) is -1.21. The highest BCUT2D eigenvalue weighted by atomic mass is 35.5. The molecular weight excluding hydrogens is 499 g/mol. The molecule has 0 saturated carbocycles. The third-order valence-electron chi connectivity index (χ3n) is 5.49. The summed E-state index contributed by atoms with van der Waals surface area (Å²) in [4.78, 5) is 39.5. The number of carbonyl (C=O) groups is 3.